The van der Waals surface area contributed by atoms with Gasteiger partial charge in [0.05, 0.1) is 18.8 Å². The summed E-state index contributed by atoms with van der Waals surface area (Å²) in [5.74, 6) is 1.08. The van der Waals surface area contributed by atoms with Crippen LogP contribution in [0.5, 0.6) is 11.5 Å². The van der Waals surface area contributed by atoms with E-state index in [4.69, 9.17) is 9.47 Å². The van der Waals surface area contributed by atoms with E-state index in [1.165, 1.54) is 11.6 Å². The topological polar surface area (TPSA) is 82.8 Å². The van der Waals surface area contributed by atoms with Crippen LogP contribution in [-0.4, -0.2) is 28.8 Å². The third-order valence-electron chi connectivity index (χ3n) is 4.38. The van der Waals surface area contributed by atoms with Crippen LogP contribution in [-0.2, 0) is 6.42 Å². The molecule has 0 bridgehead atoms. The molecular formula is C21H17N3O4S. The van der Waals surface area contributed by atoms with Crippen molar-refractivity contribution in [2.24, 2.45) is 0 Å². The molecule has 2 aromatic carbocycles. The summed E-state index contributed by atoms with van der Waals surface area (Å²) < 4.78 is 12.3. The Labute approximate surface area is 169 Å². The van der Waals surface area contributed by atoms with Crippen molar-refractivity contribution in [1.82, 2.24) is 14.6 Å². The number of methoxy groups -OCH3 is 2. The Kier molecular flexibility index (Phi) is 5.09. The molecule has 0 fully saturated rings. The van der Waals surface area contributed by atoms with Crippen LogP contribution in [0.4, 0.5) is 0 Å². The predicted octanol–water partition coefficient (Wildman–Crippen LogP) is 1.67. The van der Waals surface area contributed by atoms with Gasteiger partial charge in [0.15, 0.2) is 11.5 Å². The highest BCUT2D eigenvalue weighted by molar-refractivity contribution is 7.15. The Morgan fingerprint density at radius 2 is 1.83 bits per heavy atom. The van der Waals surface area contributed by atoms with Gasteiger partial charge in [0, 0.05) is 12.0 Å². The van der Waals surface area contributed by atoms with E-state index in [1.807, 2.05) is 42.5 Å². The standard InChI is InChI=1S/C21H17N3O4S/c1-27-16-10-6-9-14(18(16)28-2)12-17-20(26)24-21(29-17)22-19(25)15(23-24)11-13-7-4-3-5-8-13/h3-10,12H,11H2,1-2H3/b17-12-. The van der Waals surface area contributed by atoms with E-state index in [2.05, 4.69) is 10.1 Å². The van der Waals surface area contributed by atoms with Gasteiger partial charge in [-0.2, -0.15) is 14.6 Å². The van der Waals surface area contributed by atoms with Crippen molar-refractivity contribution in [2.45, 2.75) is 6.42 Å². The van der Waals surface area contributed by atoms with Gasteiger partial charge in [0.2, 0.25) is 4.96 Å². The van der Waals surface area contributed by atoms with Crippen molar-refractivity contribution in [1.29, 1.82) is 0 Å². The lowest BCUT2D eigenvalue weighted by Gasteiger charge is -2.09. The van der Waals surface area contributed by atoms with Gasteiger partial charge < -0.3 is 9.47 Å². The molecule has 0 spiro atoms. The van der Waals surface area contributed by atoms with Crippen LogP contribution < -0.4 is 25.1 Å². The minimum atomic E-state index is -0.430. The molecule has 0 unspecified atom stereocenters. The molecule has 0 atom stereocenters. The molecule has 146 valence electrons. The zero-order chi connectivity index (χ0) is 20.4. The van der Waals surface area contributed by atoms with Gasteiger partial charge in [-0.1, -0.05) is 53.8 Å². The number of ether oxygens (including phenoxy) is 2. The van der Waals surface area contributed by atoms with Crippen LogP contribution in [0.3, 0.4) is 0 Å². The fraction of sp³-hybridized carbons (Fsp3) is 0.143. The van der Waals surface area contributed by atoms with Crippen molar-refractivity contribution in [3.63, 3.8) is 0 Å². The highest BCUT2D eigenvalue weighted by Crippen LogP contribution is 2.30. The number of hydrogen-bond donors (Lipinski definition) is 0. The largest absolute Gasteiger partial charge is 0.493 e. The molecule has 0 N–H and O–H groups in total. The Balaban J connectivity index is 1.84. The molecule has 4 aromatic rings. The van der Waals surface area contributed by atoms with Crippen LogP contribution in [0, 0.1) is 0 Å². The second-order valence-corrected chi connectivity index (χ2v) is 7.23. The Morgan fingerprint density at radius 1 is 1.03 bits per heavy atom. The maximum absolute atomic E-state index is 12.9. The van der Waals surface area contributed by atoms with Crippen molar-refractivity contribution < 1.29 is 9.47 Å². The first-order valence-corrected chi connectivity index (χ1v) is 9.61. The van der Waals surface area contributed by atoms with Gasteiger partial charge in [-0.3, -0.25) is 9.59 Å². The first kappa shape index (κ1) is 18.8. The summed E-state index contributed by atoms with van der Waals surface area (Å²) in [4.78, 5) is 29.6. The number of para-hydroxylation sites is 1. The monoisotopic (exact) mass is 407 g/mol. The quantitative estimate of drug-likeness (QED) is 0.501. The number of aromatic nitrogens is 3. The van der Waals surface area contributed by atoms with Crippen LogP contribution in [0.1, 0.15) is 16.8 Å². The molecule has 0 saturated carbocycles. The van der Waals surface area contributed by atoms with E-state index >= 15 is 0 Å². The van der Waals surface area contributed by atoms with Crippen LogP contribution >= 0.6 is 11.3 Å². The van der Waals surface area contributed by atoms with Crippen LogP contribution in [0.2, 0.25) is 0 Å². The van der Waals surface area contributed by atoms with Crippen molar-refractivity contribution in [3.05, 3.63) is 90.6 Å². The zero-order valence-electron chi connectivity index (χ0n) is 15.8. The molecule has 0 aliphatic heterocycles. The summed E-state index contributed by atoms with van der Waals surface area (Å²) in [5, 5.41) is 4.27. The summed E-state index contributed by atoms with van der Waals surface area (Å²) in [6, 6.07) is 14.9. The highest BCUT2D eigenvalue weighted by Gasteiger charge is 2.13. The van der Waals surface area contributed by atoms with Gasteiger partial charge in [-0.05, 0) is 17.7 Å². The highest BCUT2D eigenvalue weighted by atomic mass is 32.1. The first-order valence-electron chi connectivity index (χ1n) is 8.80. The lowest BCUT2D eigenvalue weighted by Crippen LogP contribution is -2.28. The minimum absolute atomic E-state index is 0.231. The van der Waals surface area contributed by atoms with E-state index in [1.54, 1.807) is 19.3 Å². The maximum atomic E-state index is 12.9. The second-order valence-electron chi connectivity index (χ2n) is 6.22. The number of thiazole rings is 1. The third kappa shape index (κ3) is 3.62. The van der Waals surface area contributed by atoms with Crippen LogP contribution in [0.15, 0.2) is 58.1 Å². The summed E-state index contributed by atoms with van der Waals surface area (Å²) in [6.45, 7) is 0. The van der Waals surface area contributed by atoms with Crippen molar-refractivity contribution >= 4 is 22.4 Å². The summed E-state index contributed by atoms with van der Waals surface area (Å²) in [5.41, 5.74) is 1.07. The summed E-state index contributed by atoms with van der Waals surface area (Å²) >= 11 is 1.11. The molecule has 0 saturated heterocycles. The number of nitrogens with zero attached hydrogens (tertiary/aromatic N) is 3. The fourth-order valence-corrected chi connectivity index (χ4v) is 3.90. The Bertz CT molecular complexity index is 1350. The minimum Gasteiger partial charge on any atom is -0.493 e. The Hall–Kier alpha value is -3.52. The summed E-state index contributed by atoms with van der Waals surface area (Å²) in [7, 11) is 3.09. The summed E-state index contributed by atoms with van der Waals surface area (Å²) in [6.07, 6.45) is 2.00. The average molecular weight is 407 g/mol. The van der Waals surface area contributed by atoms with Crippen molar-refractivity contribution in [2.75, 3.05) is 14.2 Å². The van der Waals surface area contributed by atoms with E-state index < -0.39 is 5.56 Å². The third-order valence-corrected chi connectivity index (χ3v) is 5.34. The van der Waals surface area contributed by atoms with E-state index in [0.29, 0.717) is 28.0 Å². The lowest BCUT2D eigenvalue weighted by molar-refractivity contribution is 0.354. The lowest BCUT2D eigenvalue weighted by atomic mass is 10.1. The first-order chi connectivity index (χ1) is 14.1. The second kappa shape index (κ2) is 7.84. The molecule has 7 nitrogen and oxygen atoms in total. The van der Waals surface area contributed by atoms with E-state index in [0.717, 1.165) is 16.9 Å². The Morgan fingerprint density at radius 3 is 2.55 bits per heavy atom. The van der Waals surface area contributed by atoms with Gasteiger partial charge in [-0.25, -0.2) is 0 Å². The predicted molar refractivity (Wildman–Crippen MR) is 111 cm³/mol. The molecule has 8 heteroatoms. The molecule has 0 aliphatic rings. The fourth-order valence-electron chi connectivity index (χ4n) is 3.01. The smallest absolute Gasteiger partial charge is 0.296 e. The molecule has 2 aromatic heterocycles. The van der Waals surface area contributed by atoms with E-state index in [9.17, 15) is 9.59 Å². The van der Waals surface area contributed by atoms with Gasteiger partial charge in [0.25, 0.3) is 11.1 Å². The van der Waals surface area contributed by atoms with Crippen LogP contribution in [0.25, 0.3) is 11.0 Å². The molecule has 4 rings (SSSR count). The molecule has 2 heterocycles. The molecular weight excluding hydrogens is 390 g/mol. The van der Waals surface area contributed by atoms with Gasteiger partial charge >= 0.3 is 0 Å². The number of rotatable bonds is 5. The molecule has 29 heavy (non-hydrogen) atoms. The molecule has 0 amide bonds. The zero-order valence-corrected chi connectivity index (χ0v) is 16.6. The average Bonchev–Trinajstić information content (AvgIpc) is 3.03. The number of fused-ring (bicyclic) bond motifs is 1. The SMILES string of the molecule is COc1cccc(/C=c2\sc3nc(=O)c(Cc4ccccc4)nn3c2=O)c1OC. The van der Waals surface area contributed by atoms with Crippen molar-refractivity contribution in [3.8, 4) is 11.5 Å². The molecule has 0 aliphatic carbocycles. The van der Waals surface area contributed by atoms with Gasteiger partial charge in [0.1, 0.15) is 5.69 Å². The number of hydrogen-bond acceptors (Lipinski definition) is 7. The van der Waals surface area contributed by atoms with E-state index in [-0.39, 0.29) is 16.2 Å². The normalized spacial score (nSPS) is 11.7. The van der Waals surface area contributed by atoms with Gasteiger partial charge in [-0.15, -0.1) is 0 Å². The molecule has 0 radical (unpaired) electrons. The number of benzene rings is 2. The maximum Gasteiger partial charge on any atom is 0.296 e.